The van der Waals surface area contributed by atoms with Crippen molar-refractivity contribution in [1.82, 2.24) is 24.8 Å². The molecule has 4 heterocycles. The van der Waals surface area contributed by atoms with Crippen LogP contribution in [0.1, 0.15) is 29.2 Å². The first-order valence-corrected chi connectivity index (χ1v) is 10.4. The topological polar surface area (TPSA) is 46.0 Å². The number of hydrogen-bond acceptors (Lipinski definition) is 3. The minimum atomic E-state index is -0.274. The maximum absolute atomic E-state index is 14.0. The summed E-state index contributed by atoms with van der Waals surface area (Å²) in [7, 11) is 0. The van der Waals surface area contributed by atoms with Crippen molar-refractivity contribution < 1.29 is 4.39 Å². The van der Waals surface area contributed by atoms with Crippen LogP contribution in [0.5, 0.6) is 0 Å². The van der Waals surface area contributed by atoms with Gasteiger partial charge in [-0.15, -0.1) is 0 Å². The lowest BCUT2D eigenvalue weighted by Gasteiger charge is -2.28. The second-order valence-corrected chi connectivity index (χ2v) is 7.75. The fourth-order valence-electron chi connectivity index (χ4n) is 4.06. The first-order chi connectivity index (χ1) is 15.2. The average molecular weight is 430 g/mol. The Hall–Kier alpha value is -3.58. The molecule has 1 aromatic carbocycles. The van der Waals surface area contributed by atoms with Gasteiger partial charge in [0, 0.05) is 30.0 Å². The Morgan fingerprint density at radius 3 is 2.52 bits per heavy atom. The quantitative estimate of drug-likeness (QED) is 0.471. The van der Waals surface area contributed by atoms with Crippen LogP contribution < -0.4 is 5.32 Å². The molecule has 7 heteroatoms. The molecule has 2 atom stereocenters. The summed E-state index contributed by atoms with van der Waals surface area (Å²) in [5.74, 6) is -0.274. The van der Waals surface area contributed by atoms with Gasteiger partial charge >= 0.3 is 0 Å². The molecule has 0 unspecified atom stereocenters. The average Bonchev–Trinajstić information content (AvgIpc) is 3.40. The minimum Gasteiger partial charge on any atom is -0.352 e. The van der Waals surface area contributed by atoms with Crippen molar-refractivity contribution in [2.24, 2.45) is 0 Å². The van der Waals surface area contributed by atoms with E-state index in [0.717, 1.165) is 22.8 Å². The summed E-state index contributed by atoms with van der Waals surface area (Å²) in [6.45, 7) is 0.551. The lowest BCUT2D eigenvalue weighted by molar-refractivity contribution is 0.299. The van der Waals surface area contributed by atoms with Gasteiger partial charge in [0.15, 0.2) is 5.11 Å². The van der Waals surface area contributed by atoms with Crippen molar-refractivity contribution in [1.29, 1.82) is 0 Å². The number of benzene rings is 1. The highest BCUT2D eigenvalue weighted by Gasteiger charge is 2.41. The van der Waals surface area contributed by atoms with E-state index in [2.05, 4.69) is 20.2 Å². The molecule has 1 aliphatic heterocycles. The van der Waals surface area contributed by atoms with Crippen LogP contribution in [0.25, 0.3) is 5.69 Å². The van der Waals surface area contributed by atoms with Gasteiger partial charge in [-0.3, -0.25) is 9.97 Å². The lowest BCUT2D eigenvalue weighted by atomic mass is 10.0. The van der Waals surface area contributed by atoms with E-state index in [9.17, 15) is 4.39 Å². The normalized spacial score (nSPS) is 18.2. The van der Waals surface area contributed by atoms with Crippen molar-refractivity contribution in [2.45, 2.75) is 18.6 Å². The van der Waals surface area contributed by atoms with E-state index < -0.39 is 0 Å². The Balaban J connectivity index is 1.61. The standard InChI is InChI=1S/C24H20FN5S/c25-17-7-5-9-19(15-17)29-14-6-11-21(29)23-22(20-10-2-4-13-27-20)28-24(31)30(23)16-18-8-1-3-12-26-18/h1-15,22-23H,16H2,(H,28,31)/t22-,23+/m1/s1. The molecule has 0 radical (unpaired) electrons. The molecule has 0 amide bonds. The van der Waals surface area contributed by atoms with Gasteiger partial charge in [0.1, 0.15) is 5.82 Å². The molecule has 0 aliphatic carbocycles. The highest BCUT2D eigenvalue weighted by molar-refractivity contribution is 7.80. The zero-order valence-electron chi connectivity index (χ0n) is 16.6. The van der Waals surface area contributed by atoms with Crippen LogP contribution in [0.15, 0.2) is 91.4 Å². The monoisotopic (exact) mass is 429 g/mol. The van der Waals surface area contributed by atoms with Crippen molar-refractivity contribution >= 4 is 17.3 Å². The number of halogens is 1. The zero-order valence-corrected chi connectivity index (χ0v) is 17.4. The van der Waals surface area contributed by atoms with Crippen molar-refractivity contribution in [3.63, 3.8) is 0 Å². The summed E-state index contributed by atoms with van der Waals surface area (Å²) in [5, 5.41) is 4.09. The second kappa shape index (κ2) is 8.28. The van der Waals surface area contributed by atoms with E-state index >= 15 is 0 Å². The third-order valence-electron chi connectivity index (χ3n) is 5.43. The highest BCUT2D eigenvalue weighted by Crippen LogP contribution is 2.40. The van der Waals surface area contributed by atoms with Crippen LogP contribution in [-0.4, -0.2) is 24.5 Å². The van der Waals surface area contributed by atoms with E-state index in [4.69, 9.17) is 12.2 Å². The number of aromatic nitrogens is 3. The number of pyridine rings is 2. The SMILES string of the molecule is Fc1cccc(-n2cccc2[C@H]2[C@@H](c3ccccn3)NC(=S)N2Cc2ccccn2)c1. The Bertz CT molecular complexity index is 1190. The summed E-state index contributed by atoms with van der Waals surface area (Å²) in [6, 6.07) is 22.0. The molecule has 31 heavy (non-hydrogen) atoms. The van der Waals surface area contributed by atoms with E-state index in [1.807, 2.05) is 65.4 Å². The molecular weight excluding hydrogens is 409 g/mol. The molecular formula is C24H20FN5S. The Morgan fingerprint density at radius 1 is 0.935 bits per heavy atom. The number of hydrogen-bond donors (Lipinski definition) is 1. The maximum Gasteiger partial charge on any atom is 0.170 e. The molecule has 1 fully saturated rings. The van der Waals surface area contributed by atoms with Crippen LogP contribution in [-0.2, 0) is 6.54 Å². The Morgan fingerprint density at radius 2 is 1.77 bits per heavy atom. The molecule has 154 valence electrons. The summed E-state index contributed by atoms with van der Waals surface area (Å²) >= 11 is 5.74. The fourth-order valence-corrected chi connectivity index (χ4v) is 4.36. The predicted octanol–water partition coefficient (Wildman–Crippen LogP) is 4.58. The molecule has 3 aromatic heterocycles. The third-order valence-corrected chi connectivity index (χ3v) is 5.78. The molecule has 0 saturated carbocycles. The van der Waals surface area contributed by atoms with Crippen LogP contribution in [0.2, 0.25) is 0 Å². The van der Waals surface area contributed by atoms with E-state index in [1.54, 1.807) is 18.5 Å². The smallest absolute Gasteiger partial charge is 0.170 e. The number of nitrogens with one attached hydrogen (secondary N) is 1. The number of nitrogens with zero attached hydrogens (tertiary/aromatic N) is 4. The summed E-state index contributed by atoms with van der Waals surface area (Å²) in [6.07, 6.45) is 5.51. The van der Waals surface area contributed by atoms with E-state index in [0.29, 0.717) is 11.7 Å². The summed E-state index contributed by atoms with van der Waals surface area (Å²) in [4.78, 5) is 11.2. The number of rotatable bonds is 5. The van der Waals surface area contributed by atoms with Crippen LogP contribution in [0, 0.1) is 5.82 Å². The first kappa shape index (κ1) is 19.4. The van der Waals surface area contributed by atoms with Crippen LogP contribution >= 0.6 is 12.2 Å². The highest BCUT2D eigenvalue weighted by atomic mass is 32.1. The van der Waals surface area contributed by atoms with E-state index in [1.165, 1.54) is 12.1 Å². The third kappa shape index (κ3) is 3.80. The van der Waals surface area contributed by atoms with Gasteiger partial charge in [-0.1, -0.05) is 18.2 Å². The van der Waals surface area contributed by atoms with Crippen molar-refractivity contribution in [3.8, 4) is 5.69 Å². The van der Waals surface area contributed by atoms with Gasteiger partial charge in [0.05, 0.1) is 30.0 Å². The molecule has 0 spiro atoms. The van der Waals surface area contributed by atoms with Crippen molar-refractivity contribution in [2.75, 3.05) is 0 Å². The minimum absolute atomic E-state index is 0.150. The van der Waals surface area contributed by atoms with Crippen LogP contribution in [0.4, 0.5) is 4.39 Å². The molecule has 0 bridgehead atoms. The second-order valence-electron chi connectivity index (χ2n) is 7.36. The van der Waals surface area contributed by atoms with Crippen molar-refractivity contribution in [3.05, 3.63) is 114 Å². The van der Waals surface area contributed by atoms with Gasteiger partial charge in [0.2, 0.25) is 0 Å². The molecule has 5 rings (SSSR count). The number of thiocarbonyl (C=S) groups is 1. The molecule has 5 nitrogen and oxygen atoms in total. The largest absolute Gasteiger partial charge is 0.352 e. The van der Waals surface area contributed by atoms with Gasteiger partial charge < -0.3 is 14.8 Å². The Labute approximate surface area is 185 Å². The molecule has 1 aliphatic rings. The van der Waals surface area contributed by atoms with E-state index in [-0.39, 0.29) is 17.9 Å². The Kier molecular flexibility index (Phi) is 5.18. The van der Waals surface area contributed by atoms with Gasteiger partial charge in [-0.05, 0) is 66.8 Å². The molecule has 1 N–H and O–H groups in total. The lowest BCUT2D eigenvalue weighted by Crippen LogP contribution is -2.30. The van der Waals surface area contributed by atoms with Crippen LogP contribution in [0.3, 0.4) is 0 Å². The molecule has 1 saturated heterocycles. The summed E-state index contributed by atoms with van der Waals surface area (Å²) in [5.41, 5.74) is 3.56. The van der Waals surface area contributed by atoms with Gasteiger partial charge in [-0.2, -0.15) is 0 Å². The first-order valence-electron chi connectivity index (χ1n) is 10.0. The van der Waals surface area contributed by atoms with Gasteiger partial charge in [-0.25, -0.2) is 4.39 Å². The van der Waals surface area contributed by atoms with Gasteiger partial charge in [0.25, 0.3) is 0 Å². The predicted molar refractivity (Wildman–Crippen MR) is 121 cm³/mol. The maximum atomic E-state index is 14.0. The fraction of sp³-hybridized carbons (Fsp3) is 0.125. The zero-order chi connectivity index (χ0) is 21.2. The molecule has 4 aromatic rings. The summed E-state index contributed by atoms with van der Waals surface area (Å²) < 4.78 is 16.0.